The van der Waals surface area contributed by atoms with Crippen molar-refractivity contribution in [3.8, 4) is 17.0 Å². The molecule has 0 radical (unpaired) electrons. The van der Waals surface area contributed by atoms with Gasteiger partial charge in [-0.2, -0.15) is 13.2 Å². The van der Waals surface area contributed by atoms with Crippen molar-refractivity contribution in [2.24, 2.45) is 0 Å². The highest BCUT2D eigenvalue weighted by Crippen LogP contribution is 2.40. The maximum atomic E-state index is 14.3. The number of aromatic nitrogens is 1. The number of nitrogens with zero attached hydrogens (tertiary/aromatic N) is 2. The molecule has 3 aromatic rings. The Morgan fingerprint density at radius 1 is 1.05 bits per heavy atom. The topological polar surface area (TPSA) is 60.8 Å². The number of hydrogen-bond donors (Lipinski definition) is 0. The first-order valence-corrected chi connectivity index (χ1v) is 13.7. The smallest absolute Gasteiger partial charge is 0.416 e. The van der Waals surface area contributed by atoms with E-state index in [-0.39, 0.29) is 40.7 Å². The van der Waals surface area contributed by atoms with Crippen LogP contribution in [0.3, 0.4) is 0 Å². The van der Waals surface area contributed by atoms with Crippen LogP contribution in [0.5, 0.6) is 5.75 Å². The van der Waals surface area contributed by atoms with E-state index in [1.807, 2.05) is 0 Å². The Balaban J connectivity index is 1.88. The van der Waals surface area contributed by atoms with E-state index in [1.165, 1.54) is 31.1 Å². The minimum absolute atomic E-state index is 0.000806. The van der Waals surface area contributed by atoms with Crippen LogP contribution in [-0.2, 0) is 27.1 Å². The second-order valence-corrected chi connectivity index (χ2v) is 10.3. The van der Waals surface area contributed by atoms with E-state index in [4.69, 9.17) is 9.47 Å². The largest absolute Gasteiger partial charge is 0.488 e. The molecule has 1 saturated heterocycles. The highest BCUT2D eigenvalue weighted by Gasteiger charge is 2.32. The van der Waals surface area contributed by atoms with E-state index in [0.717, 1.165) is 37.1 Å². The molecule has 232 valence electrons. The quantitative estimate of drug-likeness (QED) is 0.107. The highest BCUT2D eigenvalue weighted by molar-refractivity contribution is 5.91. The molecule has 4 rings (SSSR count). The number of likely N-dealkylation sites (tertiary alicyclic amines) is 1. The van der Waals surface area contributed by atoms with Gasteiger partial charge in [0.25, 0.3) is 0 Å². The molecule has 1 aromatic heterocycles. The van der Waals surface area contributed by atoms with E-state index < -0.39 is 29.3 Å². The van der Waals surface area contributed by atoms with Gasteiger partial charge in [0.1, 0.15) is 24.0 Å². The fourth-order valence-electron chi connectivity index (χ4n) is 4.89. The van der Waals surface area contributed by atoms with Gasteiger partial charge in [-0.1, -0.05) is 6.58 Å². The number of alkyl halides is 3. The number of halogens is 5. The standard InChI is InChI=1S/C33H31F5N2O4/c1-20(32(42)43-4)15-26(16-22(3)39-14-6-5-7-31(39)41)40-21(2)8-12-29(40)27-17-24(33(36,37)38)10-13-30(27)44-19-23-9-11-25(34)18-28(23)35/h8-13,15-18H,3,5-7,14,19H2,1-2,4H3/b20-15+,26-16+. The molecule has 2 heterocycles. The van der Waals surface area contributed by atoms with Crippen LogP contribution in [0.15, 0.2) is 78.5 Å². The maximum Gasteiger partial charge on any atom is 0.416 e. The normalized spacial score (nSPS) is 14.5. The number of esters is 1. The first-order chi connectivity index (χ1) is 20.8. The van der Waals surface area contributed by atoms with Crippen molar-refractivity contribution in [3.63, 3.8) is 0 Å². The number of hydrogen-bond acceptors (Lipinski definition) is 4. The number of carbonyl (C=O) groups excluding carboxylic acids is 2. The Kier molecular flexibility index (Phi) is 9.76. The van der Waals surface area contributed by atoms with E-state index in [1.54, 1.807) is 29.7 Å². The molecule has 0 unspecified atom stereocenters. The first kappa shape index (κ1) is 32.2. The fraction of sp³-hybridized carbons (Fsp3) is 0.273. The van der Waals surface area contributed by atoms with E-state index in [2.05, 4.69) is 6.58 Å². The fourth-order valence-corrected chi connectivity index (χ4v) is 4.89. The van der Waals surface area contributed by atoms with Crippen molar-refractivity contribution < 1.29 is 41.0 Å². The molecular weight excluding hydrogens is 583 g/mol. The Morgan fingerprint density at radius 2 is 1.80 bits per heavy atom. The molecular formula is C33H31F5N2O4. The summed E-state index contributed by atoms with van der Waals surface area (Å²) in [6.45, 7) is 7.36. The van der Waals surface area contributed by atoms with Crippen LogP contribution in [0.25, 0.3) is 17.0 Å². The molecule has 0 saturated carbocycles. The van der Waals surface area contributed by atoms with Crippen LogP contribution < -0.4 is 4.74 Å². The number of allylic oxidation sites excluding steroid dienone is 3. The number of amides is 1. The highest BCUT2D eigenvalue weighted by atomic mass is 19.4. The summed E-state index contributed by atoms with van der Waals surface area (Å²) in [5.74, 6) is -2.39. The van der Waals surface area contributed by atoms with Crippen LogP contribution in [0, 0.1) is 18.6 Å². The zero-order chi connectivity index (χ0) is 32.2. The zero-order valence-electron chi connectivity index (χ0n) is 24.4. The van der Waals surface area contributed by atoms with Gasteiger partial charge in [-0.05, 0) is 81.3 Å². The van der Waals surface area contributed by atoms with Crippen molar-refractivity contribution in [1.29, 1.82) is 0 Å². The number of methoxy groups -OCH3 is 1. The van der Waals surface area contributed by atoms with Gasteiger partial charge in [0.2, 0.25) is 5.91 Å². The van der Waals surface area contributed by atoms with Crippen LogP contribution >= 0.6 is 0 Å². The molecule has 0 aliphatic carbocycles. The number of benzene rings is 2. The summed E-state index contributed by atoms with van der Waals surface area (Å²) >= 11 is 0. The van der Waals surface area contributed by atoms with Crippen molar-refractivity contribution in [2.75, 3.05) is 13.7 Å². The van der Waals surface area contributed by atoms with Crippen molar-refractivity contribution in [1.82, 2.24) is 9.47 Å². The third-order valence-corrected chi connectivity index (χ3v) is 7.17. The molecule has 0 N–H and O–H groups in total. The lowest BCUT2D eigenvalue weighted by molar-refractivity contribution is -0.138. The van der Waals surface area contributed by atoms with Gasteiger partial charge in [0, 0.05) is 52.8 Å². The lowest BCUT2D eigenvalue weighted by atomic mass is 10.1. The van der Waals surface area contributed by atoms with Crippen LogP contribution in [0.1, 0.15) is 43.0 Å². The summed E-state index contributed by atoms with van der Waals surface area (Å²) in [7, 11) is 1.22. The minimum atomic E-state index is -4.69. The van der Waals surface area contributed by atoms with Gasteiger partial charge < -0.3 is 18.9 Å². The maximum absolute atomic E-state index is 14.3. The second-order valence-electron chi connectivity index (χ2n) is 10.3. The van der Waals surface area contributed by atoms with Gasteiger partial charge in [0.15, 0.2) is 0 Å². The van der Waals surface area contributed by atoms with Gasteiger partial charge in [0.05, 0.1) is 18.4 Å². The first-order valence-electron chi connectivity index (χ1n) is 13.7. The predicted molar refractivity (Wildman–Crippen MR) is 155 cm³/mol. The Bertz CT molecular complexity index is 1650. The minimum Gasteiger partial charge on any atom is -0.488 e. The summed E-state index contributed by atoms with van der Waals surface area (Å²) in [5, 5.41) is 0. The lowest BCUT2D eigenvalue weighted by Gasteiger charge is -2.27. The van der Waals surface area contributed by atoms with Crippen LogP contribution in [0.4, 0.5) is 22.0 Å². The molecule has 0 atom stereocenters. The van der Waals surface area contributed by atoms with Crippen LogP contribution in [0.2, 0.25) is 0 Å². The Morgan fingerprint density at radius 3 is 2.45 bits per heavy atom. The van der Waals surface area contributed by atoms with Gasteiger partial charge >= 0.3 is 12.1 Å². The summed E-state index contributed by atoms with van der Waals surface area (Å²) in [4.78, 5) is 26.5. The summed E-state index contributed by atoms with van der Waals surface area (Å²) in [5.41, 5.74) is 0.739. The molecule has 1 aliphatic rings. The molecule has 1 aliphatic heterocycles. The molecule has 1 amide bonds. The molecule has 0 bridgehead atoms. The molecule has 11 heteroatoms. The number of piperidine rings is 1. The molecule has 0 spiro atoms. The Labute approximate surface area is 251 Å². The summed E-state index contributed by atoms with van der Waals surface area (Å²) in [6.07, 6.45) is 0.260. The number of ether oxygens (including phenoxy) is 2. The molecule has 44 heavy (non-hydrogen) atoms. The SMILES string of the molecule is C=C(/C=C(\C=C(/C)C(=O)OC)n1c(C)ccc1-c1cc(C(F)(F)F)ccc1OCc1ccc(F)cc1F)N1CCCCC1=O. The second kappa shape index (κ2) is 13.3. The Hall–Kier alpha value is -4.67. The predicted octanol–water partition coefficient (Wildman–Crippen LogP) is 7.83. The van der Waals surface area contributed by atoms with E-state index >= 15 is 0 Å². The zero-order valence-corrected chi connectivity index (χ0v) is 24.4. The van der Waals surface area contributed by atoms with Crippen molar-refractivity contribution >= 4 is 17.6 Å². The third kappa shape index (κ3) is 7.27. The van der Waals surface area contributed by atoms with E-state index in [9.17, 15) is 31.5 Å². The van der Waals surface area contributed by atoms with Crippen molar-refractivity contribution in [3.05, 3.63) is 107 Å². The average Bonchev–Trinajstić information content (AvgIpc) is 3.36. The number of rotatable bonds is 9. The molecule has 2 aromatic carbocycles. The number of carbonyl (C=O) groups is 2. The summed E-state index contributed by atoms with van der Waals surface area (Å²) in [6, 6.07) is 9.08. The van der Waals surface area contributed by atoms with E-state index in [0.29, 0.717) is 36.1 Å². The third-order valence-electron chi connectivity index (χ3n) is 7.17. The monoisotopic (exact) mass is 614 g/mol. The van der Waals surface area contributed by atoms with Gasteiger partial charge in [-0.25, -0.2) is 13.6 Å². The van der Waals surface area contributed by atoms with Gasteiger partial charge in [-0.3, -0.25) is 4.79 Å². The van der Waals surface area contributed by atoms with Crippen LogP contribution in [-0.4, -0.2) is 35.0 Å². The number of aryl methyl sites for hydroxylation is 1. The molecule has 1 fully saturated rings. The molecule has 6 nitrogen and oxygen atoms in total. The van der Waals surface area contributed by atoms with Crippen molar-refractivity contribution in [2.45, 2.75) is 45.9 Å². The average molecular weight is 615 g/mol. The lowest BCUT2D eigenvalue weighted by Crippen LogP contribution is -2.33. The van der Waals surface area contributed by atoms with Gasteiger partial charge in [-0.15, -0.1) is 0 Å². The summed E-state index contributed by atoms with van der Waals surface area (Å²) < 4.78 is 81.7.